The van der Waals surface area contributed by atoms with Crippen molar-refractivity contribution < 1.29 is 10.2 Å². The van der Waals surface area contributed by atoms with Crippen molar-refractivity contribution in [2.75, 3.05) is 13.6 Å². The Morgan fingerprint density at radius 3 is 2.53 bits per heavy atom. The van der Waals surface area contributed by atoms with Crippen LogP contribution < -0.4 is 5.43 Å². The SMILES string of the molecule is CCN(C)NC12CC[C@@H]3[C@H](CCC4(C)[C@H]3CC[C@]4(O)[C@@H](C)Cn3cc(C#N)cn3)C1CC[C@@](C)(O)C2. The Morgan fingerprint density at radius 1 is 1.14 bits per heavy atom. The van der Waals surface area contributed by atoms with E-state index in [1.165, 1.54) is 12.8 Å². The van der Waals surface area contributed by atoms with Crippen molar-refractivity contribution in [3.05, 3.63) is 18.0 Å². The fourth-order valence-electron chi connectivity index (χ4n) is 9.65. The quantitative estimate of drug-likeness (QED) is 0.512. The van der Waals surface area contributed by atoms with Crippen LogP contribution in [0.15, 0.2) is 12.4 Å². The third-order valence-electron chi connectivity index (χ3n) is 11.5. The van der Waals surface area contributed by atoms with E-state index in [1.807, 2.05) is 11.6 Å². The van der Waals surface area contributed by atoms with E-state index < -0.39 is 11.2 Å². The number of hydrogen-bond acceptors (Lipinski definition) is 6. The zero-order valence-corrected chi connectivity index (χ0v) is 23.0. The zero-order valence-electron chi connectivity index (χ0n) is 23.0. The summed E-state index contributed by atoms with van der Waals surface area (Å²) in [5.74, 6) is 2.50. The molecular formula is C29H47N5O2. The van der Waals surface area contributed by atoms with Crippen LogP contribution in [0.3, 0.4) is 0 Å². The van der Waals surface area contributed by atoms with Crippen LogP contribution in [0.4, 0.5) is 0 Å². The molecule has 0 aromatic carbocycles. The molecule has 0 saturated heterocycles. The molecule has 0 spiro atoms. The Morgan fingerprint density at radius 2 is 1.83 bits per heavy atom. The molecule has 4 aliphatic rings. The van der Waals surface area contributed by atoms with Crippen LogP contribution >= 0.6 is 0 Å². The Bertz CT molecular complexity index is 1000. The number of nitriles is 1. The Labute approximate surface area is 217 Å². The molecule has 5 rings (SSSR count). The van der Waals surface area contributed by atoms with Crippen molar-refractivity contribution >= 4 is 0 Å². The maximum Gasteiger partial charge on any atom is 0.102 e. The highest BCUT2D eigenvalue weighted by molar-refractivity contribution is 5.22. The molecule has 200 valence electrons. The fraction of sp³-hybridized carbons (Fsp3) is 0.862. The first-order valence-electron chi connectivity index (χ1n) is 14.3. The lowest BCUT2D eigenvalue weighted by Gasteiger charge is -2.63. The largest absolute Gasteiger partial charge is 0.390 e. The molecule has 4 fully saturated rings. The van der Waals surface area contributed by atoms with Crippen molar-refractivity contribution in [1.29, 1.82) is 5.26 Å². The molecule has 36 heavy (non-hydrogen) atoms. The van der Waals surface area contributed by atoms with Gasteiger partial charge >= 0.3 is 0 Å². The van der Waals surface area contributed by atoms with Crippen LogP contribution in [-0.2, 0) is 6.54 Å². The van der Waals surface area contributed by atoms with Crippen LogP contribution in [-0.4, -0.2) is 55.3 Å². The predicted octanol–water partition coefficient (Wildman–Crippen LogP) is 4.10. The highest BCUT2D eigenvalue weighted by Gasteiger charge is 2.66. The Balaban J connectivity index is 1.38. The van der Waals surface area contributed by atoms with Gasteiger partial charge in [-0.2, -0.15) is 10.4 Å². The molecular weight excluding hydrogens is 450 g/mol. The second kappa shape index (κ2) is 9.08. The molecule has 0 radical (unpaired) electrons. The molecule has 4 aliphatic carbocycles. The van der Waals surface area contributed by atoms with Gasteiger partial charge in [0.25, 0.3) is 0 Å². The van der Waals surface area contributed by atoms with E-state index in [-0.39, 0.29) is 16.9 Å². The van der Waals surface area contributed by atoms with Crippen LogP contribution in [0.25, 0.3) is 0 Å². The van der Waals surface area contributed by atoms with Crippen LogP contribution in [0.5, 0.6) is 0 Å². The summed E-state index contributed by atoms with van der Waals surface area (Å²) in [6, 6.07) is 2.16. The lowest BCUT2D eigenvalue weighted by Crippen LogP contribution is -2.68. The highest BCUT2D eigenvalue weighted by Crippen LogP contribution is 2.67. The lowest BCUT2D eigenvalue weighted by molar-refractivity contribution is -0.173. The monoisotopic (exact) mass is 497 g/mol. The van der Waals surface area contributed by atoms with Crippen LogP contribution in [0.1, 0.15) is 91.0 Å². The number of aromatic nitrogens is 2. The summed E-state index contributed by atoms with van der Waals surface area (Å²) in [7, 11) is 2.14. The van der Waals surface area contributed by atoms with Crippen LogP contribution in [0.2, 0.25) is 0 Å². The number of rotatable bonds is 6. The number of nitrogens with one attached hydrogen (secondary N) is 1. The van der Waals surface area contributed by atoms with E-state index in [0.717, 1.165) is 51.5 Å². The standard InChI is InChI=1S/C29H47N5O2/c1-6-33(5)32-28-13-8-22-23(25(28)9-11-26(3,35)19-28)7-12-27(4)24(22)10-14-29(27,36)20(2)17-34-18-21(15-30)16-31-34/h16,18,20,22-25,32,35-36H,6-14,17,19H2,1-5H3/t20-,22+,23-,24-,25?,26+,27?,28?,29-/m0/s1. The van der Waals surface area contributed by atoms with Gasteiger partial charge in [-0.1, -0.05) is 20.8 Å². The first-order valence-corrected chi connectivity index (χ1v) is 14.3. The van der Waals surface area contributed by atoms with Gasteiger partial charge in [-0.3, -0.25) is 4.68 Å². The molecule has 7 nitrogen and oxygen atoms in total. The van der Waals surface area contributed by atoms with Crippen molar-refractivity contribution in [3.63, 3.8) is 0 Å². The average molecular weight is 498 g/mol. The summed E-state index contributed by atoms with van der Waals surface area (Å²) in [5, 5.41) is 39.1. The minimum atomic E-state index is -0.715. The van der Waals surface area contributed by atoms with Gasteiger partial charge in [0.15, 0.2) is 0 Å². The van der Waals surface area contributed by atoms with Gasteiger partial charge in [0.1, 0.15) is 6.07 Å². The van der Waals surface area contributed by atoms with Crippen molar-refractivity contribution in [2.45, 2.75) is 109 Å². The maximum absolute atomic E-state index is 12.3. The van der Waals surface area contributed by atoms with E-state index >= 15 is 0 Å². The third kappa shape index (κ3) is 4.04. The molecule has 1 aromatic heterocycles. The number of fused-ring (bicyclic) bond motifs is 5. The summed E-state index contributed by atoms with van der Waals surface area (Å²) >= 11 is 0. The summed E-state index contributed by atoms with van der Waals surface area (Å²) in [6.07, 6.45) is 12.7. The van der Waals surface area contributed by atoms with Gasteiger partial charge in [-0.15, -0.1) is 0 Å². The van der Waals surface area contributed by atoms with E-state index in [0.29, 0.717) is 35.8 Å². The van der Waals surface area contributed by atoms with Gasteiger partial charge in [-0.05, 0) is 93.8 Å². The summed E-state index contributed by atoms with van der Waals surface area (Å²) < 4.78 is 1.84. The second-order valence-corrected chi connectivity index (χ2v) is 13.5. The van der Waals surface area contributed by atoms with Gasteiger partial charge in [0, 0.05) is 37.8 Å². The number of hydrazine groups is 1. The zero-order chi connectivity index (χ0) is 25.9. The first kappa shape index (κ1) is 26.2. The predicted molar refractivity (Wildman–Crippen MR) is 139 cm³/mol. The fourth-order valence-corrected chi connectivity index (χ4v) is 9.65. The first-order chi connectivity index (χ1) is 17.0. The second-order valence-electron chi connectivity index (χ2n) is 13.5. The molecule has 9 atom stereocenters. The maximum atomic E-state index is 12.3. The third-order valence-corrected chi connectivity index (χ3v) is 11.5. The number of hydrogen-bond donors (Lipinski definition) is 3. The van der Waals surface area contributed by atoms with Gasteiger partial charge in [0.05, 0.1) is 23.0 Å². The van der Waals surface area contributed by atoms with Crippen LogP contribution in [0, 0.1) is 46.3 Å². The minimum Gasteiger partial charge on any atom is -0.390 e. The van der Waals surface area contributed by atoms with Crippen molar-refractivity contribution in [2.24, 2.45) is 35.0 Å². The minimum absolute atomic E-state index is 0.0256. The average Bonchev–Trinajstić information content (AvgIpc) is 3.40. The van der Waals surface area contributed by atoms with E-state index in [2.05, 4.69) is 49.4 Å². The molecule has 7 heteroatoms. The molecule has 1 heterocycles. The summed E-state index contributed by atoms with van der Waals surface area (Å²) in [4.78, 5) is 0. The summed E-state index contributed by atoms with van der Waals surface area (Å²) in [5.41, 5.74) is 3.04. The normalized spacial score (nSPS) is 45.0. The Kier molecular flexibility index (Phi) is 6.60. The lowest BCUT2D eigenvalue weighted by atomic mass is 9.46. The number of nitrogens with zero attached hydrogens (tertiary/aromatic N) is 4. The molecule has 4 saturated carbocycles. The molecule has 1 aromatic rings. The topological polar surface area (TPSA) is 97.3 Å². The molecule has 3 N–H and O–H groups in total. The smallest absolute Gasteiger partial charge is 0.102 e. The van der Waals surface area contributed by atoms with E-state index in [4.69, 9.17) is 0 Å². The highest BCUT2D eigenvalue weighted by atomic mass is 16.3. The van der Waals surface area contributed by atoms with E-state index in [1.54, 1.807) is 12.4 Å². The molecule has 3 unspecified atom stereocenters. The van der Waals surface area contributed by atoms with Gasteiger partial charge < -0.3 is 10.2 Å². The van der Waals surface area contributed by atoms with Crippen molar-refractivity contribution in [3.8, 4) is 6.07 Å². The molecule has 0 aliphatic heterocycles. The van der Waals surface area contributed by atoms with Gasteiger partial charge in [0.2, 0.25) is 0 Å². The Hall–Kier alpha value is -1.46. The molecule has 0 bridgehead atoms. The summed E-state index contributed by atoms with van der Waals surface area (Å²) in [6.45, 7) is 10.3. The molecule has 0 amide bonds. The van der Waals surface area contributed by atoms with Crippen molar-refractivity contribution in [1.82, 2.24) is 20.2 Å². The van der Waals surface area contributed by atoms with E-state index in [9.17, 15) is 15.5 Å². The van der Waals surface area contributed by atoms with Gasteiger partial charge in [-0.25, -0.2) is 10.4 Å². The number of aliphatic hydroxyl groups is 2.